The Bertz CT molecular complexity index is 1010. The van der Waals surface area contributed by atoms with Gasteiger partial charge in [-0.15, -0.1) is 0 Å². The topological polar surface area (TPSA) is 20.3 Å². The van der Waals surface area contributed by atoms with Crippen molar-refractivity contribution in [3.63, 3.8) is 0 Å². The van der Waals surface area contributed by atoms with Crippen LogP contribution in [0.1, 0.15) is 11.1 Å². The first-order valence-electron chi connectivity index (χ1n) is 8.49. The predicted molar refractivity (Wildman–Crippen MR) is 114 cm³/mol. The van der Waals surface area contributed by atoms with E-state index in [0.29, 0.717) is 15.8 Å². The monoisotopic (exact) mass is 375 g/mol. The minimum absolute atomic E-state index is 0.00358. The number of amides is 1. The molecular formula is C22H17NOS2. The first-order chi connectivity index (χ1) is 12.7. The van der Waals surface area contributed by atoms with Crippen LogP contribution in [0.4, 0.5) is 0 Å². The van der Waals surface area contributed by atoms with Gasteiger partial charge in [0.15, 0.2) is 0 Å². The summed E-state index contributed by atoms with van der Waals surface area (Å²) in [7, 11) is 0. The summed E-state index contributed by atoms with van der Waals surface area (Å²) in [4.78, 5) is 15.2. The number of benzene rings is 3. The number of fused-ring (bicyclic) bond motifs is 1. The molecule has 3 aromatic carbocycles. The molecule has 0 spiro atoms. The molecule has 0 unspecified atom stereocenters. The third-order valence-corrected chi connectivity index (χ3v) is 5.83. The maximum absolute atomic E-state index is 12.8. The second-order valence-corrected chi connectivity index (χ2v) is 7.81. The van der Waals surface area contributed by atoms with Crippen LogP contribution in [0.25, 0.3) is 16.8 Å². The van der Waals surface area contributed by atoms with Gasteiger partial charge in [-0.25, -0.2) is 0 Å². The van der Waals surface area contributed by atoms with Crippen molar-refractivity contribution >= 4 is 51.1 Å². The highest BCUT2D eigenvalue weighted by molar-refractivity contribution is 8.26. The van der Waals surface area contributed by atoms with Crippen molar-refractivity contribution in [3.05, 3.63) is 88.8 Å². The number of rotatable bonds is 4. The van der Waals surface area contributed by atoms with Crippen LogP contribution in [-0.2, 0) is 11.2 Å². The summed E-state index contributed by atoms with van der Waals surface area (Å²) < 4.78 is 0.636. The number of carbonyl (C=O) groups excluding carboxylic acids is 1. The number of thioether (sulfide) groups is 1. The Morgan fingerprint density at radius 2 is 1.65 bits per heavy atom. The van der Waals surface area contributed by atoms with E-state index in [1.54, 1.807) is 4.90 Å². The number of thiocarbonyl (C=S) groups is 1. The van der Waals surface area contributed by atoms with Crippen LogP contribution >= 0.6 is 24.0 Å². The molecule has 0 aliphatic carbocycles. The van der Waals surface area contributed by atoms with E-state index in [2.05, 4.69) is 30.3 Å². The molecule has 1 amide bonds. The maximum Gasteiger partial charge on any atom is 0.266 e. The Kier molecular flexibility index (Phi) is 4.87. The van der Waals surface area contributed by atoms with E-state index in [9.17, 15) is 4.79 Å². The van der Waals surface area contributed by atoms with Gasteiger partial charge in [0.2, 0.25) is 0 Å². The summed E-state index contributed by atoms with van der Waals surface area (Å²) in [6, 6.07) is 24.5. The Morgan fingerprint density at radius 3 is 2.50 bits per heavy atom. The number of carbonyl (C=O) groups is 1. The lowest BCUT2D eigenvalue weighted by molar-refractivity contribution is -0.122. The molecule has 1 fully saturated rings. The van der Waals surface area contributed by atoms with Crippen LogP contribution in [0.2, 0.25) is 0 Å². The summed E-state index contributed by atoms with van der Waals surface area (Å²) in [6.45, 7) is 0.613. The second kappa shape index (κ2) is 7.44. The van der Waals surface area contributed by atoms with Gasteiger partial charge in [-0.2, -0.15) is 0 Å². The van der Waals surface area contributed by atoms with Gasteiger partial charge in [-0.1, -0.05) is 96.8 Å². The van der Waals surface area contributed by atoms with Crippen LogP contribution in [0.15, 0.2) is 77.7 Å². The Balaban J connectivity index is 1.57. The van der Waals surface area contributed by atoms with Crippen LogP contribution in [0.5, 0.6) is 0 Å². The quantitative estimate of drug-likeness (QED) is 0.457. The van der Waals surface area contributed by atoms with E-state index in [1.807, 2.05) is 48.5 Å². The molecule has 26 heavy (non-hydrogen) atoms. The van der Waals surface area contributed by atoms with E-state index in [0.717, 1.165) is 17.4 Å². The Hall–Kier alpha value is -2.43. The summed E-state index contributed by atoms with van der Waals surface area (Å²) in [5.41, 5.74) is 2.26. The predicted octanol–water partition coefficient (Wildman–Crippen LogP) is 5.28. The Morgan fingerprint density at radius 1 is 0.923 bits per heavy atom. The summed E-state index contributed by atoms with van der Waals surface area (Å²) in [5.74, 6) is 0.00358. The van der Waals surface area contributed by atoms with E-state index in [1.165, 1.54) is 22.7 Å². The van der Waals surface area contributed by atoms with E-state index in [-0.39, 0.29) is 5.91 Å². The van der Waals surface area contributed by atoms with Crippen LogP contribution < -0.4 is 0 Å². The Labute approximate surface area is 162 Å². The average molecular weight is 376 g/mol. The molecule has 4 rings (SSSR count). The minimum Gasteiger partial charge on any atom is -0.293 e. The fraction of sp³-hybridized carbons (Fsp3) is 0.0909. The van der Waals surface area contributed by atoms with Gasteiger partial charge in [0.25, 0.3) is 5.91 Å². The van der Waals surface area contributed by atoms with Crippen LogP contribution in [0, 0.1) is 0 Å². The van der Waals surface area contributed by atoms with Gasteiger partial charge < -0.3 is 0 Å². The smallest absolute Gasteiger partial charge is 0.266 e. The first-order valence-corrected chi connectivity index (χ1v) is 9.72. The molecule has 1 heterocycles. The summed E-state index contributed by atoms with van der Waals surface area (Å²) in [6.07, 6.45) is 2.76. The molecule has 3 aromatic rings. The van der Waals surface area contributed by atoms with Crippen LogP contribution in [0.3, 0.4) is 0 Å². The van der Waals surface area contributed by atoms with Crippen molar-refractivity contribution in [2.24, 2.45) is 0 Å². The molecule has 0 atom stereocenters. The van der Waals surface area contributed by atoms with Crippen molar-refractivity contribution in [1.29, 1.82) is 0 Å². The molecule has 0 radical (unpaired) electrons. The fourth-order valence-corrected chi connectivity index (χ4v) is 4.40. The van der Waals surface area contributed by atoms with Gasteiger partial charge in [-0.05, 0) is 34.4 Å². The van der Waals surface area contributed by atoms with Crippen molar-refractivity contribution in [3.8, 4) is 0 Å². The number of hydrogen-bond donors (Lipinski definition) is 0. The average Bonchev–Trinajstić information content (AvgIpc) is 2.94. The molecule has 128 valence electrons. The highest BCUT2D eigenvalue weighted by Crippen LogP contribution is 2.33. The van der Waals surface area contributed by atoms with E-state index < -0.39 is 0 Å². The van der Waals surface area contributed by atoms with E-state index >= 15 is 0 Å². The minimum atomic E-state index is 0.00358. The fourth-order valence-electron chi connectivity index (χ4n) is 3.10. The van der Waals surface area contributed by atoms with Crippen LogP contribution in [-0.4, -0.2) is 21.7 Å². The van der Waals surface area contributed by atoms with Crippen molar-refractivity contribution in [2.75, 3.05) is 6.54 Å². The third-order valence-electron chi connectivity index (χ3n) is 4.45. The van der Waals surface area contributed by atoms with Gasteiger partial charge in [-0.3, -0.25) is 9.69 Å². The molecule has 2 nitrogen and oxygen atoms in total. The lowest BCUT2D eigenvalue weighted by Gasteiger charge is -2.14. The highest BCUT2D eigenvalue weighted by atomic mass is 32.2. The number of nitrogens with zero attached hydrogens (tertiary/aromatic N) is 1. The molecule has 1 saturated heterocycles. The molecule has 0 N–H and O–H groups in total. The molecule has 0 aromatic heterocycles. The van der Waals surface area contributed by atoms with Gasteiger partial charge in [0, 0.05) is 6.54 Å². The van der Waals surface area contributed by atoms with Crippen molar-refractivity contribution in [2.45, 2.75) is 6.42 Å². The van der Waals surface area contributed by atoms with Crippen molar-refractivity contribution < 1.29 is 4.79 Å². The zero-order valence-corrected chi connectivity index (χ0v) is 15.7. The lowest BCUT2D eigenvalue weighted by Crippen LogP contribution is -2.30. The molecule has 1 aliphatic heterocycles. The van der Waals surface area contributed by atoms with E-state index in [4.69, 9.17) is 12.2 Å². The molecule has 1 aliphatic rings. The standard InChI is InChI=1S/C22H17NOS2/c24-21-20(15-18-11-6-10-17-9-4-5-12-19(17)18)26-22(25)23(21)14-13-16-7-2-1-3-8-16/h1-12,15H,13-14H2. The lowest BCUT2D eigenvalue weighted by atomic mass is 10.0. The molecule has 4 heteroatoms. The van der Waals surface area contributed by atoms with Gasteiger partial charge in [0.05, 0.1) is 4.91 Å². The van der Waals surface area contributed by atoms with Crippen molar-refractivity contribution in [1.82, 2.24) is 4.90 Å². The molecular weight excluding hydrogens is 358 g/mol. The largest absolute Gasteiger partial charge is 0.293 e. The molecule has 0 saturated carbocycles. The molecule has 0 bridgehead atoms. The SMILES string of the molecule is O=C1C(=Cc2cccc3ccccc23)SC(=S)N1CCc1ccccc1. The van der Waals surface area contributed by atoms with Gasteiger partial charge in [0.1, 0.15) is 4.32 Å². The normalized spacial score (nSPS) is 16.0. The zero-order valence-electron chi connectivity index (χ0n) is 14.1. The van der Waals surface area contributed by atoms with Gasteiger partial charge >= 0.3 is 0 Å². The maximum atomic E-state index is 12.8. The first kappa shape index (κ1) is 17.0. The third kappa shape index (κ3) is 3.43. The summed E-state index contributed by atoms with van der Waals surface area (Å²) >= 11 is 6.84. The summed E-state index contributed by atoms with van der Waals surface area (Å²) in [5, 5.41) is 2.31. The second-order valence-electron chi connectivity index (χ2n) is 6.14. The zero-order chi connectivity index (χ0) is 17.9. The number of hydrogen-bond acceptors (Lipinski definition) is 3. The highest BCUT2D eigenvalue weighted by Gasteiger charge is 2.31.